The van der Waals surface area contributed by atoms with Crippen LogP contribution in [0.3, 0.4) is 0 Å². The summed E-state index contributed by atoms with van der Waals surface area (Å²) in [5, 5.41) is 7.49. The van der Waals surface area contributed by atoms with Crippen molar-refractivity contribution in [1.82, 2.24) is 19.7 Å². The fourth-order valence-electron chi connectivity index (χ4n) is 5.80. The first-order valence-electron chi connectivity index (χ1n) is 13.4. The summed E-state index contributed by atoms with van der Waals surface area (Å²) in [7, 11) is 0. The van der Waals surface area contributed by atoms with E-state index in [1.165, 1.54) is 44.1 Å². The van der Waals surface area contributed by atoms with E-state index < -0.39 is 0 Å². The molecule has 2 aliphatic carbocycles. The van der Waals surface area contributed by atoms with Crippen LogP contribution in [0.5, 0.6) is 0 Å². The van der Waals surface area contributed by atoms with Crippen LogP contribution in [0.4, 0.5) is 5.69 Å². The van der Waals surface area contributed by atoms with Gasteiger partial charge in [0, 0.05) is 30.7 Å². The highest BCUT2D eigenvalue weighted by Crippen LogP contribution is 2.40. The van der Waals surface area contributed by atoms with E-state index in [2.05, 4.69) is 45.6 Å². The van der Waals surface area contributed by atoms with Gasteiger partial charge in [-0.15, -0.1) is 0 Å². The highest BCUT2D eigenvalue weighted by Gasteiger charge is 2.28. The number of benzene rings is 1. The molecule has 7 heteroatoms. The lowest BCUT2D eigenvalue weighted by Gasteiger charge is -2.38. The summed E-state index contributed by atoms with van der Waals surface area (Å²) in [4.78, 5) is 20.3. The summed E-state index contributed by atoms with van der Waals surface area (Å²) in [5.41, 5.74) is 5.62. The largest absolute Gasteiger partial charge is 0.379 e. The minimum Gasteiger partial charge on any atom is -0.379 e. The van der Waals surface area contributed by atoms with Gasteiger partial charge in [0.25, 0.3) is 5.91 Å². The first-order valence-corrected chi connectivity index (χ1v) is 13.4. The third-order valence-electron chi connectivity index (χ3n) is 8.16. The van der Waals surface area contributed by atoms with Crippen LogP contribution in [0.2, 0.25) is 0 Å². The number of rotatable bonds is 6. The molecule has 188 valence electrons. The zero-order chi connectivity index (χ0) is 24.5. The van der Waals surface area contributed by atoms with Crippen LogP contribution in [-0.4, -0.2) is 57.9 Å². The molecular formula is C29H35N5O2. The predicted molar refractivity (Wildman–Crippen MR) is 140 cm³/mol. The van der Waals surface area contributed by atoms with E-state index >= 15 is 0 Å². The molecule has 3 fully saturated rings. The van der Waals surface area contributed by atoms with E-state index in [1.807, 2.05) is 17.7 Å². The molecule has 0 bridgehead atoms. The molecule has 0 atom stereocenters. The number of hydrogen-bond donors (Lipinski definition) is 1. The molecule has 0 spiro atoms. The topological polar surface area (TPSA) is 72.3 Å². The number of hydrogen-bond acceptors (Lipinski definition) is 5. The van der Waals surface area contributed by atoms with Crippen LogP contribution in [0.25, 0.3) is 5.69 Å². The highest BCUT2D eigenvalue weighted by atomic mass is 16.5. The van der Waals surface area contributed by atoms with Gasteiger partial charge in [-0.05, 0) is 81.2 Å². The van der Waals surface area contributed by atoms with Gasteiger partial charge in [0.1, 0.15) is 0 Å². The molecule has 2 aromatic heterocycles. The molecule has 0 unspecified atom stereocenters. The third-order valence-corrected chi connectivity index (χ3v) is 8.16. The van der Waals surface area contributed by atoms with Crippen LogP contribution < -0.4 is 5.32 Å². The Bertz CT molecular complexity index is 1190. The normalized spacial score (nSPS) is 22.9. The van der Waals surface area contributed by atoms with E-state index in [0.717, 1.165) is 49.3 Å². The number of anilines is 1. The van der Waals surface area contributed by atoms with Crippen molar-refractivity contribution in [1.29, 1.82) is 0 Å². The molecule has 2 saturated carbocycles. The smallest absolute Gasteiger partial charge is 0.259 e. The molecule has 1 N–H and O–H groups in total. The van der Waals surface area contributed by atoms with Crippen molar-refractivity contribution >= 4 is 11.6 Å². The van der Waals surface area contributed by atoms with E-state index in [9.17, 15) is 4.79 Å². The summed E-state index contributed by atoms with van der Waals surface area (Å²) >= 11 is 0. The first kappa shape index (κ1) is 23.4. The number of ether oxygens (including phenoxy) is 1. The van der Waals surface area contributed by atoms with Crippen LogP contribution >= 0.6 is 0 Å². The quantitative estimate of drug-likeness (QED) is 0.528. The standard InChI is InChI=1S/C29H35N5O2/c1-20-27(19-31-34(20)26-11-4-22(5-12-26)21-2-3-21)29(35)32-24-8-13-28(30-18-24)23-6-9-25(10-7-23)33-14-16-36-17-15-33/h4-5,8,11-13,18-19,21,23,25H,2-3,6-7,9-10,14-17H2,1H3,(H,32,35)/t23-,25-. The van der Waals surface area contributed by atoms with E-state index in [4.69, 9.17) is 9.72 Å². The Morgan fingerprint density at radius 2 is 1.64 bits per heavy atom. The molecule has 0 radical (unpaired) electrons. The molecule has 6 rings (SSSR count). The van der Waals surface area contributed by atoms with Gasteiger partial charge in [0.15, 0.2) is 0 Å². The Morgan fingerprint density at radius 1 is 0.917 bits per heavy atom. The molecule has 3 aliphatic rings. The first-order chi connectivity index (χ1) is 17.7. The molecular weight excluding hydrogens is 450 g/mol. The Morgan fingerprint density at radius 3 is 2.31 bits per heavy atom. The molecule has 36 heavy (non-hydrogen) atoms. The molecule has 1 aromatic carbocycles. The third kappa shape index (κ3) is 4.95. The Labute approximate surface area is 212 Å². The summed E-state index contributed by atoms with van der Waals surface area (Å²) < 4.78 is 7.34. The van der Waals surface area contributed by atoms with Gasteiger partial charge in [-0.3, -0.25) is 14.7 Å². The minimum absolute atomic E-state index is 0.158. The summed E-state index contributed by atoms with van der Waals surface area (Å²) in [6.07, 6.45) is 10.8. The Kier molecular flexibility index (Phi) is 6.59. The van der Waals surface area contributed by atoms with Gasteiger partial charge in [-0.1, -0.05) is 12.1 Å². The second-order valence-corrected chi connectivity index (χ2v) is 10.5. The maximum absolute atomic E-state index is 13.0. The average molecular weight is 486 g/mol. The lowest BCUT2D eigenvalue weighted by atomic mass is 9.83. The van der Waals surface area contributed by atoms with Crippen LogP contribution in [0.1, 0.15) is 77.7 Å². The van der Waals surface area contributed by atoms with E-state index in [-0.39, 0.29) is 5.91 Å². The van der Waals surface area contributed by atoms with Crippen molar-refractivity contribution in [2.45, 2.75) is 63.3 Å². The lowest BCUT2D eigenvalue weighted by molar-refractivity contribution is 0.00721. The molecule has 1 aliphatic heterocycles. The summed E-state index contributed by atoms with van der Waals surface area (Å²) in [6.45, 7) is 5.79. The van der Waals surface area contributed by atoms with Crippen LogP contribution in [-0.2, 0) is 4.74 Å². The van der Waals surface area contributed by atoms with Gasteiger partial charge < -0.3 is 10.1 Å². The van der Waals surface area contributed by atoms with E-state index in [1.54, 1.807) is 12.4 Å². The van der Waals surface area contributed by atoms with E-state index in [0.29, 0.717) is 23.2 Å². The van der Waals surface area contributed by atoms with Crippen molar-refractivity contribution < 1.29 is 9.53 Å². The molecule has 3 aromatic rings. The predicted octanol–water partition coefficient (Wildman–Crippen LogP) is 5.06. The molecule has 7 nitrogen and oxygen atoms in total. The number of nitrogens with zero attached hydrogens (tertiary/aromatic N) is 4. The molecule has 3 heterocycles. The second kappa shape index (κ2) is 10.1. The zero-order valence-electron chi connectivity index (χ0n) is 21.0. The van der Waals surface area contributed by atoms with Gasteiger partial charge in [0.05, 0.1) is 48.2 Å². The number of carbonyl (C=O) groups excluding carboxylic acids is 1. The average Bonchev–Trinajstić information content (AvgIpc) is 3.71. The fraction of sp³-hybridized carbons (Fsp3) is 0.483. The monoisotopic (exact) mass is 485 g/mol. The van der Waals surface area contributed by atoms with Gasteiger partial charge in [-0.25, -0.2) is 4.68 Å². The van der Waals surface area contributed by atoms with Gasteiger partial charge >= 0.3 is 0 Å². The number of nitrogens with one attached hydrogen (secondary N) is 1. The van der Waals surface area contributed by atoms with Gasteiger partial charge in [-0.2, -0.15) is 5.10 Å². The zero-order valence-corrected chi connectivity index (χ0v) is 21.0. The number of pyridine rings is 1. The summed E-state index contributed by atoms with van der Waals surface area (Å²) in [6, 6.07) is 13.3. The maximum Gasteiger partial charge on any atom is 0.259 e. The Balaban J connectivity index is 1.06. The van der Waals surface area contributed by atoms with Crippen molar-refractivity contribution in [2.24, 2.45) is 0 Å². The number of aromatic nitrogens is 3. The summed E-state index contributed by atoms with van der Waals surface area (Å²) in [5.74, 6) is 1.07. The maximum atomic E-state index is 13.0. The molecule has 1 saturated heterocycles. The number of morpholine rings is 1. The second-order valence-electron chi connectivity index (χ2n) is 10.5. The van der Waals surface area contributed by atoms with Crippen molar-refractivity contribution in [2.75, 3.05) is 31.6 Å². The van der Waals surface area contributed by atoms with Crippen molar-refractivity contribution in [3.63, 3.8) is 0 Å². The SMILES string of the molecule is Cc1c(C(=O)Nc2ccc([C@H]3CC[C@H](N4CCOCC4)CC3)nc2)cnn1-c1ccc(C2CC2)cc1. The van der Waals surface area contributed by atoms with Crippen LogP contribution in [0.15, 0.2) is 48.8 Å². The number of amides is 1. The van der Waals surface area contributed by atoms with Gasteiger partial charge in [0.2, 0.25) is 0 Å². The molecule has 1 amide bonds. The highest BCUT2D eigenvalue weighted by molar-refractivity contribution is 6.04. The van der Waals surface area contributed by atoms with Crippen molar-refractivity contribution in [3.8, 4) is 5.69 Å². The Hall–Kier alpha value is -3.03. The number of carbonyl (C=O) groups is 1. The lowest BCUT2D eigenvalue weighted by Crippen LogP contribution is -2.44. The fourth-order valence-corrected chi connectivity index (χ4v) is 5.80. The van der Waals surface area contributed by atoms with Crippen molar-refractivity contribution in [3.05, 3.63) is 71.3 Å². The van der Waals surface area contributed by atoms with Crippen LogP contribution in [0, 0.1) is 6.92 Å². The minimum atomic E-state index is -0.158.